The summed E-state index contributed by atoms with van der Waals surface area (Å²) in [6.45, 7) is -1.83. The van der Waals surface area contributed by atoms with Crippen molar-refractivity contribution in [2.75, 3.05) is 6.54 Å². The SMILES string of the molecule is O=[N+]([O-])c1ccc(N=NCCC(F)(F)C(F)(F)C(F)(F)C(F)(F)C(F)(F)C(F)(F)F)c([N+](=O)[O-])c1. The van der Waals surface area contributed by atoms with Crippen molar-refractivity contribution in [2.45, 2.75) is 42.2 Å². The Hall–Kier alpha value is -3.29. The van der Waals surface area contributed by atoms with Gasteiger partial charge in [-0.1, -0.05) is 0 Å². The number of rotatable bonds is 10. The minimum Gasteiger partial charge on any atom is -0.258 e. The maximum Gasteiger partial charge on any atom is 0.460 e. The van der Waals surface area contributed by atoms with Gasteiger partial charge in [0.1, 0.15) is 0 Å². The lowest BCUT2D eigenvalue weighted by Gasteiger charge is -2.39. The molecule has 198 valence electrons. The second-order valence-electron chi connectivity index (χ2n) is 6.40. The van der Waals surface area contributed by atoms with E-state index in [2.05, 4.69) is 10.2 Å². The molecule has 0 aromatic heterocycles. The molecule has 0 amide bonds. The van der Waals surface area contributed by atoms with Gasteiger partial charge in [0.05, 0.1) is 22.5 Å². The van der Waals surface area contributed by atoms with Crippen LogP contribution in [0.2, 0.25) is 0 Å². The van der Waals surface area contributed by atoms with Gasteiger partial charge < -0.3 is 0 Å². The van der Waals surface area contributed by atoms with Crippen LogP contribution in [0.3, 0.4) is 0 Å². The van der Waals surface area contributed by atoms with E-state index >= 15 is 0 Å². The van der Waals surface area contributed by atoms with E-state index in [1.54, 1.807) is 0 Å². The van der Waals surface area contributed by atoms with E-state index in [1.165, 1.54) is 0 Å². The zero-order valence-electron chi connectivity index (χ0n) is 16.0. The van der Waals surface area contributed by atoms with E-state index in [4.69, 9.17) is 0 Å². The second kappa shape index (κ2) is 9.06. The molecule has 0 aliphatic carbocycles. The molecule has 0 unspecified atom stereocenters. The van der Waals surface area contributed by atoms with Crippen LogP contribution in [0, 0.1) is 20.2 Å². The highest BCUT2D eigenvalue weighted by Gasteiger charge is 2.90. The highest BCUT2D eigenvalue weighted by Crippen LogP contribution is 2.60. The molecule has 0 N–H and O–H groups in total. The minimum absolute atomic E-state index is 0.306. The normalized spacial score (nSPS) is 14.4. The predicted molar refractivity (Wildman–Crippen MR) is 84.5 cm³/mol. The first kappa shape index (κ1) is 29.7. The van der Waals surface area contributed by atoms with Gasteiger partial charge in [-0.05, 0) is 6.07 Å². The van der Waals surface area contributed by atoms with E-state index in [9.17, 15) is 77.3 Å². The Bertz CT molecular complexity index is 1010. The largest absolute Gasteiger partial charge is 0.460 e. The molecule has 0 atom stereocenters. The van der Waals surface area contributed by atoms with E-state index in [1.807, 2.05) is 0 Å². The van der Waals surface area contributed by atoms with Gasteiger partial charge in [-0.15, -0.1) is 5.11 Å². The summed E-state index contributed by atoms with van der Waals surface area (Å²) in [5.74, 6) is -37.7. The average molecular weight is 542 g/mol. The van der Waals surface area contributed by atoms with Crippen LogP contribution in [0.5, 0.6) is 0 Å². The molecule has 0 bridgehead atoms. The second-order valence-corrected chi connectivity index (χ2v) is 6.40. The zero-order chi connectivity index (χ0) is 27.8. The molecule has 35 heavy (non-hydrogen) atoms. The Morgan fingerprint density at radius 2 is 1.20 bits per heavy atom. The van der Waals surface area contributed by atoms with Crippen molar-refractivity contribution in [1.29, 1.82) is 0 Å². The number of halogens is 13. The van der Waals surface area contributed by atoms with Crippen molar-refractivity contribution < 1.29 is 66.9 Å². The van der Waals surface area contributed by atoms with Crippen LogP contribution in [0.4, 0.5) is 74.1 Å². The van der Waals surface area contributed by atoms with Crippen molar-refractivity contribution in [3.63, 3.8) is 0 Å². The number of nitro groups is 2. The summed E-state index contributed by atoms with van der Waals surface area (Å²) in [5.41, 5.74) is -2.93. The minimum atomic E-state index is -8.04. The van der Waals surface area contributed by atoms with Crippen molar-refractivity contribution >= 4 is 17.1 Å². The van der Waals surface area contributed by atoms with Crippen molar-refractivity contribution in [3.8, 4) is 0 Å². The Morgan fingerprint density at radius 1 is 0.714 bits per heavy atom. The number of nitro benzene ring substituents is 2. The molecule has 21 heteroatoms. The quantitative estimate of drug-likeness (QED) is 0.142. The summed E-state index contributed by atoms with van der Waals surface area (Å²) in [4.78, 5) is 19.0. The molecular weight excluding hydrogens is 535 g/mol. The number of non-ortho nitro benzene ring substituents is 1. The Morgan fingerprint density at radius 3 is 1.63 bits per heavy atom. The lowest BCUT2D eigenvalue weighted by Crippen LogP contribution is -2.70. The number of alkyl halides is 13. The third kappa shape index (κ3) is 5.06. The molecule has 0 heterocycles. The van der Waals surface area contributed by atoms with Gasteiger partial charge >= 0.3 is 41.5 Å². The van der Waals surface area contributed by atoms with E-state index < -0.39 is 75.7 Å². The van der Waals surface area contributed by atoms with Crippen LogP contribution < -0.4 is 0 Å². The number of benzene rings is 1. The highest BCUT2D eigenvalue weighted by atomic mass is 19.4. The summed E-state index contributed by atoms with van der Waals surface area (Å²) < 4.78 is 169. The van der Waals surface area contributed by atoms with Crippen molar-refractivity contribution in [3.05, 3.63) is 38.4 Å². The molecule has 0 fully saturated rings. The number of hydrogen-bond acceptors (Lipinski definition) is 6. The fraction of sp³-hybridized carbons (Fsp3) is 0.571. The Balaban J connectivity index is 3.20. The van der Waals surface area contributed by atoms with Gasteiger partial charge in [-0.25, -0.2) is 0 Å². The van der Waals surface area contributed by atoms with Gasteiger partial charge in [0.2, 0.25) is 0 Å². The molecule has 0 saturated carbocycles. The molecule has 0 aliphatic rings. The zero-order valence-corrected chi connectivity index (χ0v) is 16.0. The van der Waals surface area contributed by atoms with Crippen LogP contribution in [0.15, 0.2) is 28.4 Å². The Labute approximate surface area is 182 Å². The topological polar surface area (TPSA) is 111 Å². The average Bonchev–Trinajstić information content (AvgIpc) is 2.69. The lowest BCUT2D eigenvalue weighted by atomic mass is 9.92. The van der Waals surface area contributed by atoms with Gasteiger partial charge in [-0.2, -0.15) is 62.2 Å². The first-order chi connectivity index (χ1) is 15.5. The molecular formula is C14H7F13N4O4. The lowest BCUT2D eigenvalue weighted by molar-refractivity contribution is -0.440. The van der Waals surface area contributed by atoms with Crippen LogP contribution in [-0.2, 0) is 0 Å². The standard InChI is InChI=1S/C14H7F13N4O4/c15-9(16,10(17,18)11(19,20)12(21,22)13(23,24)14(25,26)27)3-4-28-29-7-2-1-6(30(32)33)5-8(7)31(34)35/h1-2,5H,3-4H2. The molecule has 0 radical (unpaired) electrons. The summed E-state index contributed by atoms with van der Waals surface area (Å²) in [6.07, 6.45) is -10.2. The van der Waals surface area contributed by atoms with Crippen LogP contribution in [0.1, 0.15) is 6.42 Å². The fourth-order valence-electron chi connectivity index (χ4n) is 2.13. The third-order valence-electron chi connectivity index (χ3n) is 4.07. The number of nitrogens with zero attached hydrogens (tertiary/aromatic N) is 4. The van der Waals surface area contributed by atoms with Crippen LogP contribution in [-0.4, -0.2) is 52.2 Å². The monoisotopic (exact) mass is 542 g/mol. The molecule has 1 rings (SSSR count). The van der Waals surface area contributed by atoms with Crippen molar-refractivity contribution in [1.82, 2.24) is 0 Å². The summed E-state index contributed by atoms with van der Waals surface area (Å²) in [7, 11) is 0. The van der Waals surface area contributed by atoms with Gasteiger partial charge in [0.25, 0.3) is 5.69 Å². The molecule has 0 aliphatic heterocycles. The van der Waals surface area contributed by atoms with Crippen LogP contribution in [0.25, 0.3) is 0 Å². The van der Waals surface area contributed by atoms with Crippen molar-refractivity contribution in [2.24, 2.45) is 10.2 Å². The number of azo groups is 1. The summed E-state index contributed by atoms with van der Waals surface area (Å²) >= 11 is 0. The van der Waals surface area contributed by atoms with Gasteiger partial charge in [0.15, 0.2) is 5.69 Å². The maximum absolute atomic E-state index is 13.6. The van der Waals surface area contributed by atoms with Crippen LogP contribution >= 0.6 is 0 Å². The molecule has 8 nitrogen and oxygen atoms in total. The van der Waals surface area contributed by atoms with Gasteiger partial charge in [0, 0.05) is 12.5 Å². The van der Waals surface area contributed by atoms with Gasteiger partial charge in [-0.3, -0.25) is 20.2 Å². The molecule has 0 spiro atoms. The van der Waals surface area contributed by atoms with E-state index in [0.29, 0.717) is 18.2 Å². The smallest absolute Gasteiger partial charge is 0.258 e. The number of hydrogen-bond donors (Lipinski definition) is 0. The predicted octanol–water partition coefficient (Wildman–Crippen LogP) is 6.72. The highest BCUT2D eigenvalue weighted by molar-refractivity contribution is 5.61. The maximum atomic E-state index is 13.6. The Kier molecular flexibility index (Phi) is 7.70. The fourth-order valence-corrected chi connectivity index (χ4v) is 2.13. The molecule has 1 aromatic carbocycles. The summed E-state index contributed by atoms with van der Waals surface area (Å²) in [6, 6.07) is 1.43. The van der Waals surface area contributed by atoms with E-state index in [0.717, 1.165) is 0 Å². The summed E-state index contributed by atoms with van der Waals surface area (Å²) in [5, 5.41) is 27.0. The van der Waals surface area contributed by atoms with E-state index in [-0.39, 0.29) is 0 Å². The first-order valence-corrected chi connectivity index (χ1v) is 8.22. The molecule has 1 aromatic rings. The molecule has 0 saturated heterocycles. The first-order valence-electron chi connectivity index (χ1n) is 8.22. The third-order valence-corrected chi connectivity index (χ3v) is 4.07.